The topological polar surface area (TPSA) is 151 Å². The molecule has 0 heterocycles. The molecule has 144 valence electrons. The number of nitrogens with zero attached hydrogens (tertiary/aromatic N) is 2. The number of thioether (sulfide) groups is 1. The summed E-state index contributed by atoms with van der Waals surface area (Å²) >= 11 is 5.10. The number of hydrogen-bond donors (Lipinski definition) is 0. The van der Waals surface area contributed by atoms with Gasteiger partial charge < -0.3 is 9.11 Å². The van der Waals surface area contributed by atoms with E-state index in [2.05, 4.69) is 17.2 Å². The van der Waals surface area contributed by atoms with Crippen molar-refractivity contribution in [1.29, 1.82) is 5.26 Å². The molecule has 14 heteroatoms. The Balaban J connectivity index is 0.00000420. The summed E-state index contributed by atoms with van der Waals surface area (Å²) in [4.78, 5) is 2.67. The first kappa shape index (κ1) is 29.6. The van der Waals surface area contributed by atoms with Crippen molar-refractivity contribution in [2.24, 2.45) is 4.99 Å². The number of isothiocyanates is 1. The van der Waals surface area contributed by atoms with Crippen LogP contribution in [0.1, 0.15) is 11.1 Å². The maximum atomic E-state index is 11.5. The summed E-state index contributed by atoms with van der Waals surface area (Å²) in [6.45, 7) is 0. The number of aliphatic imine (C=N–C) groups is 1. The Kier molecular flexibility index (Phi) is 12.5. The smallest absolute Gasteiger partial charge is 0.744 e. The van der Waals surface area contributed by atoms with E-state index in [1.807, 2.05) is 5.16 Å². The molecule has 0 aliphatic carbocycles. The molecule has 2 aromatic carbocycles. The van der Waals surface area contributed by atoms with Gasteiger partial charge in [-0.3, -0.25) is 0 Å². The summed E-state index contributed by atoms with van der Waals surface area (Å²) in [6.07, 6.45) is 2.36. The van der Waals surface area contributed by atoms with Gasteiger partial charge in [0, 0.05) is 4.90 Å². The molecule has 30 heavy (non-hydrogen) atoms. The van der Waals surface area contributed by atoms with Crippen molar-refractivity contribution in [2.75, 3.05) is 0 Å². The maximum absolute atomic E-state index is 11.5. The second kappa shape index (κ2) is 12.6. The quantitative estimate of drug-likeness (QED) is 0.0771. The summed E-state index contributed by atoms with van der Waals surface area (Å²) in [7, 11) is -9.74. The Labute approximate surface area is 227 Å². The number of thiocarbonyl (C=S) groups is 1. The van der Waals surface area contributed by atoms with Crippen molar-refractivity contribution in [2.45, 2.75) is 14.7 Å². The fourth-order valence-corrected chi connectivity index (χ4v) is 4.15. The summed E-state index contributed by atoms with van der Waals surface area (Å²) < 4.78 is 69.0. The molecule has 0 aliphatic rings. The van der Waals surface area contributed by atoms with E-state index in [1.54, 1.807) is 5.40 Å². The van der Waals surface area contributed by atoms with Crippen LogP contribution in [0.25, 0.3) is 12.2 Å². The average Bonchev–Trinajstić information content (AvgIpc) is 2.60. The minimum atomic E-state index is -4.87. The van der Waals surface area contributed by atoms with Gasteiger partial charge in [0.2, 0.25) is 0 Å². The third-order valence-electron chi connectivity index (χ3n) is 3.30. The van der Waals surface area contributed by atoms with Crippen LogP contribution in [0.4, 0.5) is 5.69 Å². The first-order valence-electron chi connectivity index (χ1n) is 7.08. The summed E-state index contributed by atoms with van der Waals surface area (Å²) in [5.74, 6) is 0. The Hall–Kier alpha value is -0.360. The number of rotatable bonds is 6. The second-order valence-corrected chi connectivity index (χ2v) is 8.80. The van der Waals surface area contributed by atoms with E-state index < -0.39 is 30.0 Å². The van der Waals surface area contributed by atoms with Gasteiger partial charge in [0.15, 0.2) is 0 Å². The maximum Gasteiger partial charge on any atom is 1.00 e. The molecule has 0 aliphatic heterocycles. The summed E-state index contributed by atoms with van der Waals surface area (Å²) in [5, 5.41) is 12.5. The van der Waals surface area contributed by atoms with Gasteiger partial charge in [0.1, 0.15) is 25.6 Å². The van der Waals surface area contributed by atoms with Crippen molar-refractivity contribution in [3.05, 3.63) is 47.5 Å². The average molecular weight is 498 g/mol. The Morgan fingerprint density at radius 1 is 0.933 bits per heavy atom. The van der Waals surface area contributed by atoms with Gasteiger partial charge in [-0.05, 0) is 59.4 Å². The van der Waals surface area contributed by atoms with E-state index in [4.69, 9.17) is 5.26 Å². The Morgan fingerprint density at radius 2 is 1.43 bits per heavy atom. The predicted molar refractivity (Wildman–Crippen MR) is 104 cm³/mol. The third-order valence-corrected chi connectivity index (χ3v) is 5.76. The molecule has 8 nitrogen and oxygen atoms in total. The summed E-state index contributed by atoms with van der Waals surface area (Å²) in [6, 6.07) is 7.41. The fourth-order valence-electron chi connectivity index (χ4n) is 2.16. The first-order chi connectivity index (χ1) is 13.1. The van der Waals surface area contributed by atoms with Crippen molar-refractivity contribution >= 4 is 67.2 Å². The van der Waals surface area contributed by atoms with Crippen LogP contribution in [0.5, 0.6) is 0 Å². The van der Waals surface area contributed by atoms with E-state index in [1.165, 1.54) is 36.4 Å². The predicted octanol–water partition coefficient (Wildman–Crippen LogP) is -3.02. The number of hydrogen-bond acceptors (Lipinski definition) is 10. The van der Waals surface area contributed by atoms with E-state index in [-0.39, 0.29) is 80.8 Å². The van der Waals surface area contributed by atoms with Crippen LogP contribution >= 0.6 is 24.0 Å². The molecule has 0 fully saturated rings. The van der Waals surface area contributed by atoms with E-state index in [0.29, 0.717) is 11.8 Å². The van der Waals surface area contributed by atoms with Crippen LogP contribution in [-0.4, -0.2) is 31.1 Å². The van der Waals surface area contributed by atoms with Crippen LogP contribution in [0, 0.1) is 10.7 Å². The van der Waals surface area contributed by atoms with Gasteiger partial charge in [0.25, 0.3) is 0 Å². The van der Waals surface area contributed by atoms with Gasteiger partial charge in [-0.25, -0.2) is 16.8 Å². The third kappa shape index (κ3) is 8.29. The standard InChI is InChI=1S/C16H10N2O6S4.2Na/c17-9-26-14-6-4-12(16(8-14)28(22,23)24)2-1-11-3-5-13(18-10-25)7-15(11)27(19,20)21;;/h1-8H,(H,19,20,21)(H,22,23,24);;/q;2*+1/p-2/b2-1+;;. The second-order valence-electron chi connectivity index (χ2n) is 5.06. The van der Waals surface area contributed by atoms with Gasteiger partial charge in [-0.2, -0.15) is 10.3 Å². The molecule has 0 radical (unpaired) electrons. The molecular formula is C16H8N2Na2O6S4. The molecule has 2 rings (SSSR count). The van der Waals surface area contributed by atoms with Crippen molar-refractivity contribution in [3.63, 3.8) is 0 Å². The van der Waals surface area contributed by atoms with Crippen molar-refractivity contribution in [1.82, 2.24) is 0 Å². The van der Waals surface area contributed by atoms with Crippen LogP contribution in [0.2, 0.25) is 0 Å². The molecule has 0 amide bonds. The molecule has 0 saturated carbocycles. The number of nitriles is 1. The van der Waals surface area contributed by atoms with E-state index in [0.717, 1.165) is 12.1 Å². The van der Waals surface area contributed by atoms with Crippen LogP contribution in [-0.2, 0) is 20.2 Å². The normalized spacial score (nSPS) is 11.0. The summed E-state index contributed by atoms with van der Waals surface area (Å²) in [5.41, 5.74) is 0.0258. The molecule has 0 spiro atoms. The van der Waals surface area contributed by atoms with Crippen LogP contribution in [0.3, 0.4) is 0 Å². The van der Waals surface area contributed by atoms with Crippen molar-refractivity contribution < 1.29 is 85.1 Å². The molecule has 0 atom stereocenters. The van der Waals surface area contributed by atoms with Gasteiger partial charge in [0.05, 0.1) is 20.6 Å². The van der Waals surface area contributed by atoms with E-state index in [9.17, 15) is 25.9 Å². The Bertz CT molecular complexity index is 1270. The molecular weight excluding hydrogens is 490 g/mol. The minimum Gasteiger partial charge on any atom is -0.744 e. The van der Waals surface area contributed by atoms with Gasteiger partial charge >= 0.3 is 59.1 Å². The molecule has 0 N–H and O–H groups in total. The fraction of sp³-hybridized carbons (Fsp3) is 0. The van der Waals surface area contributed by atoms with Gasteiger partial charge in [-0.15, -0.1) is 0 Å². The largest absolute Gasteiger partial charge is 1.00 e. The molecule has 0 bridgehead atoms. The van der Waals surface area contributed by atoms with E-state index >= 15 is 0 Å². The number of thiocyanates is 1. The zero-order chi connectivity index (χ0) is 20.9. The molecule has 0 saturated heterocycles. The van der Waals surface area contributed by atoms with Gasteiger partial charge in [-0.1, -0.05) is 24.3 Å². The monoisotopic (exact) mass is 498 g/mol. The molecule has 0 aromatic heterocycles. The Morgan fingerprint density at radius 3 is 1.90 bits per heavy atom. The van der Waals surface area contributed by atoms with Crippen molar-refractivity contribution in [3.8, 4) is 5.40 Å². The number of benzene rings is 2. The first-order valence-corrected chi connectivity index (χ1v) is 11.1. The van der Waals surface area contributed by atoms with Crippen LogP contribution in [0.15, 0.2) is 56.1 Å². The zero-order valence-electron chi connectivity index (χ0n) is 15.6. The SMILES string of the molecule is N#CSc1ccc(/C=C/c2ccc(N=C=S)cc2S(=O)(=O)[O-])c(S(=O)(=O)[O-])c1.[Na+].[Na+]. The zero-order valence-corrected chi connectivity index (χ0v) is 22.9. The minimum absolute atomic E-state index is 0. The molecule has 2 aromatic rings. The molecule has 0 unspecified atom stereocenters. The van der Waals surface area contributed by atoms with Crippen LogP contribution < -0.4 is 59.1 Å².